The maximum Gasteiger partial charge on any atom is 0.407 e. The van der Waals surface area contributed by atoms with Crippen molar-refractivity contribution < 1.29 is 33.8 Å². The van der Waals surface area contributed by atoms with Crippen LogP contribution in [0.1, 0.15) is 67.3 Å². The summed E-state index contributed by atoms with van der Waals surface area (Å²) in [4.78, 5) is 52.9. The van der Waals surface area contributed by atoms with Crippen LogP contribution in [0.3, 0.4) is 0 Å². The van der Waals surface area contributed by atoms with Crippen LogP contribution in [0.5, 0.6) is 0 Å². The van der Waals surface area contributed by atoms with Crippen LogP contribution in [0, 0.1) is 0 Å². The maximum atomic E-state index is 14.2. The molecule has 1 aliphatic carbocycles. The third kappa shape index (κ3) is 9.32. The van der Waals surface area contributed by atoms with Crippen LogP contribution in [-0.4, -0.2) is 59.1 Å². The minimum atomic E-state index is -1.42. The van der Waals surface area contributed by atoms with Crippen LogP contribution in [0.15, 0.2) is 140 Å². The highest BCUT2D eigenvalue weighted by atomic mass is 32.2. The largest absolute Gasteiger partial charge is 0.480 e. The smallest absolute Gasteiger partial charge is 0.407 e. The van der Waals surface area contributed by atoms with Crippen molar-refractivity contribution in [2.45, 2.75) is 62.0 Å². The lowest BCUT2D eigenvalue weighted by molar-refractivity contribution is -0.155. The van der Waals surface area contributed by atoms with Gasteiger partial charge >= 0.3 is 18.0 Å². The van der Waals surface area contributed by atoms with Gasteiger partial charge in [0.25, 0.3) is 0 Å². The average Bonchev–Trinajstić information content (AvgIpc) is 3.52. The van der Waals surface area contributed by atoms with Gasteiger partial charge in [-0.15, -0.1) is 11.8 Å². The van der Waals surface area contributed by atoms with E-state index in [1.54, 1.807) is 20.8 Å². The molecule has 3 N–H and O–H groups in total. The fourth-order valence-electron chi connectivity index (χ4n) is 7.13. The zero-order valence-electron chi connectivity index (χ0n) is 31.6. The minimum absolute atomic E-state index is 0.0209. The first-order valence-corrected chi connectivity index (χ1v) is 19.6. The molecule has 9 nitrogen and oxygen atoms in total. The molecular weight excluding hydrogens is 725 g/mol. The number of rotatable bonds is 15. The summed E-state index contributed by atoms with van der Waals surface area (Å²) in [7, 11) is 0. The third-order valence-corrected chi connectivity index (χ3v) is 11.3. The number of amides is 2. The van der Waals surface area contributed by atoms with E-state index in [0.29, 0.717) is 0 Å². The second-order valence-electron chi connectivity index (χ2n) is 14.6. The highest BCUT2D eigenvalue weighted by Gasteiger charge is 2.39. The number of hydrogen-bond acceptors (Lipinski definition) is 7. The first-order valence-electron chi connectivity index (χ1n) is 18.6. The molecule has 288 valence electrons. The first-order chi connectivity index (χ1) is 27.0. The molecule has 5 aromatic carbocycles. The van der Waals surface area contributed by atoms with Crippen LogP contribution in [0.4, 0.5) is 4.79 Å². The molecule has 0 heterocycles. The Kier molecular flexibility index (Phi) is 12.6. The van der Waals surface area contributed by atoms with Gasteiger partial charge in [-0.2, -0.15) is 0 Å². The Morgan fingerprint density at radius 1 is 0.661 bits per heavy atom. The summed E-state index contributed by atoms with van der Waals surface area (Å²) in [6, 6.07) is 43.0. The molecule has 0 radical (unpaired) electrons. The number of carboxylic acids is 1. The summed E-state index contributed by atoms with van der Waals surface area (Å²) >= 11 is 1.44. The summed E-state index contributed by atoms with van der Waals surface area (Å²) < 4.78 is 10.4. The predicted molar refractivity (Wildman–Crippen MR) is 218 cm³/mol. The second kappa shape index (κ2) is 17.7. The molecule has 56 heavy (non-hydrogen) atoms. The second-order valence-corrected chi connectivity index (χ2v) is 15.9. The molecule has 0 fully saturated rings. The molecule has 10 heteroatoms. The van der Waals surface area contributed by atoms with E-state index in [0.717, 1.165) is 38.9 Å². The van der Waals surface area contributed by atoms with Gasteiger partial charge in [-0.1, -0.05) is 140 Å². The highest BCUT2D eigenvalue weighted by molar-refractivity contribution is 8.00. The lowest BCUT2D eigenvalue weighted by Crippen LogP contribution is -2.53. The number of esters is 1. The molecule has 1 aliphatic rings. The Balaban J connectivity index is 1.29. The van der Waals surface area contributed by atoms with E-state index in [9.17, 15) is 24.3 Å². The Bertz CT molecular complexity index is 2000. The number of carbonyl (C=O) groups is 4. The Morgan fingerprint density at radius 3 is 1.59 bits per heavy atom. The maximum absolute atomic E-state index is 14.2. The molecule has 0 unspecified atom stereocenters. The van der Waals surface area contributed by atoms with Gasteiger partial charge in [0.2, 0.25) is 5.91 Å². The van der Waals surface area contributed by atoms with Crippen molar-refractivity contribution in [1.29, 1.82) is 0 Å². The molecule has 0 saturated carbocycles. The van der Waals surface area contributed by atoms with Gasteiger partial charge in [0.1, 0.15) is 24.3 Å². The zero-order valence-corrected chi connectivity index (χ0v) is 32.5. The van der Waals surface area contributed by atoms with E-state index in [2.05, 4.69) is 10.6 Å². The highest BCUT2D eigenvalue weighted by Crippen LogP contribution is 2.49. The Hall–Kier alpha value is -5.87. The molecule has 0 bridgehead atoms. The summed E-state index contributed by atoms with van der Waals surface area (Å²) in [6.45, 7) is 5.19. The van der Waals surface area contributed by atoms with Gasteiger partial charge in [0.15, 0.2) is 0 Å². The topological polar surface area (TPSA) is 131 Å². The number of hydrogen-bond donors (Lipinski definition) is 3. The number of alkyl carbamates (subject to hydrolysis) is 1. The predicted octanol–water partition coefficient (Wildman–Crippen LogP) is 8.31. The Labute approximate surface area is 331 Å². The van der Waals surface area contributed by atoms with Crippen molar-refractivity contribution in [1.82, 2.24) is 10.6 Å². The Morgan fingerprint density at radius 2 is 1.12 bits per heavy atom. The molecule has 6 rings (SSSR count). The van der Waals surface area contributed by atoms with Gasteiger partial charge in [0.05, 0.1) is 4.75 Å². The van der Waals surface area contributed by atoms with Gasteiger partial charge in [-0.3, -0.25) is 9.59 Å². The number of carbonyl (C=O) groups excluding carboxylic acids is 3. The van der Waals surface area contributed by atoms with Crippen LogP contribution < -0.4 is 10.6 Å². The van der Waals surface area contributed by atoms with Crippen molar-refractivity contribution in [3.63, 3.8) is 0 Å². The van der Waals surface area contributed by atoms with Crippen molar-refractivity contribution in [2.75, 3.05) is 12.4 Å². The van der Waals surface area contributed by atoms with Gasteiger partial charge in [-0.05, 0) is 66.1 Å². The molecular formula is C46H46N2O7S. The first kappa shape index (κ1) is 39.8. The van der Waals surface area contributed by atoms with Gasteiger partial charge < -0.3 is 25.2 Å². The molecule has 5 aromatic rings. The summed E-state index contributed by atoms with van der Waals surface area (Å²) in [5.41, 5.74) is 6.33. The van der Waals surface area contributed by atoms with Crippen LogP contribution in [0.25, 0.3) is 11.1 Å². The van der Waals surface area contributed by atoms with E-state index in [4.69, 9.17) is 9.47 Å². The summed E-state index contributed by atoms with van der Waals surface area (Å²) in [5.74, 6) is -2.82. The minimum Gasteiger partial charge on any atom is -0.480 e. The van der Waals surface area contributed by atoms with Crippen LogP contribution in [-0.2, 0) is 28.6 Å². The number of aliphatic carboxylic acids is 1. The third-order valence-electron chi connectivity index (χ3n) is 9.63. The quantitative estimate of drug-likeness (QED) is 0.0716. The van der Waals surface area contributed by atoms with E-state index in [-0.39, 0.29) is 31.1 Å². The van der Waals surface area contributed by atoms with E-state index >= 15 is 0 Å². The van der Waals surface area contributed by atoms with Crippen molar-refractivity contribution in [3.05, 3.63) is 167 Å². The average molecular weight is 771 g/mol. The fraction of sp³-hybridized carbons (Fsp3) is 0.261. The van der Waals surface area contributed by atoms with Crippen LogP contribution in [0.2, 0.25) is 0 Å². The lowest BCUT2D eigenvalue weighted by Gasteiger charge is -2.36. The van der Waals surface area contributed by atoms with Gasteiger partial charge in [-0.25, -0.2) is 9.59 Å². The fourth-order valence-corrected chi connectivity index (χ4v) is 8.69. The normalized spacial score (nSPS) is 13.4. The molecule has 2 amide bonds. The summed E-state index contributed by atoms with van der Waals surface area (Å²) in [5, 5.41) is 15.5. The SMILES string of the molecule is CC(C)(C)OC(=O)CC[C@H](NC(=O)[C@H](CSC(c1ccccc1)(c1ccccc1)c1ccccc1)NC(=O)OCC1c2ccccc2-c2ccccc21)C(=O)O. The van der Waals surface area contributed by atoms with E-state index in [1.807, 2.05) is 140 Å². The van der Waals surface area contributed by atoms with Crippen molar-refractivity contribution in [3.8, 4) is 11.1 Å². The summed E-state index contributed by atoms with van der Waals surface area (Å²) in [6.07, 6.45) is -1.26. The molecule has 0 saturated heterocycles. The number of ether oxygens (including phenoxy) is 2. The van der Waals surface area contributed by atoms with Crippen molar-refractivity contribution >= 4 is 35.7 Å². The van der Waals surface area contributed by atoms with Crippen molar-refractivity contribution in [2.24, 2.45) is 0 Å². The monoisotopic (exact) mass is 770 g/mol. The molecule has 0 aromatic heterocycles. The number of carboxylic acid groups (broad SMARTS) is 1. The molecule has 2 atom stereocenters. The number of fused-ring (bicyclic) bond motifs is 3. The molecule has 0 spiro atoms. The number of nitrogens with one attached hydrogen (secondary N) is 2. The van der Waals surface area contributed by atoms with E-state index < -0.39 is 46.4 Å². The molecule has 0 aliphatic heterocycles. The van der Waals surface area contributed by atoms with Crippen LogP contribution >= 0.6 is 11.8 Å². The number of benzene rings is 5. The number of thioether (sulfide) groups is 1. The van der Waals surface area contributed by atoms with E-state index in [1.165, 1.54) is 11.8 Å². The lowest BCUT2D eigenvalue weighted by atomic mass is 9.84. The standard InChI is InChI=1S/C46H46N2O7S/c1-45(2,3)55-41(49)28-27-39(43(51)52)47-42(50)40(48-44(53)54-29-38-36-25-15-13-23-34(36)35-24-14-16-26-37(35)38)30-56-46(31-17-7-4-8-18-31,32-19-9-5-10-20-32)33-21-11-6-12-22-33/h4-26,38-40H,27-30H2,1-3H3,(H,47,50)(H,48,53)(H,51,52)/t39-,40-/m0/s1. The van der Waals surface area contributed by atoms with Gasteiger partial charge in [0, 0.05) is 18.1 Å². The zero-order chi connectivity index (χ0) is 39.7.